The molecule has 0 aliphatic heterocycles. The highest BCUT2D eigenvalue weighted by Crippen LogP contribution is 2.22. The number of ether oxygens (including phenoxy) is 1. The summed E-state index contributed by atoms with van der Waals surface area (Å²) >= 11 is 0. The predicted molar refractivity (Wildman–Crippen MR) is 87.7 cm³/mol. The lowest BCUT2D eigenvalue weighted by Crippen LogP contribution is -2.32. The van der Waals surface area contributed by atoms with Crippen molar-refractivity contribution >= 4 is 11.6 Å². The number of carbonyl (C=O) groups is 1. The van der Waals surface area contributed by atoms with Crippen LogP contribution in [0.2, 0.25) is 0 Å². The van der Waals surface area contributed by atoms with E-state index in [4.69, 9.17) is 10.5 Å². The molecular weight excluding hydrogens is 264 g/mol. The van der Waals surface area contributed by atoms with Gasteiger partial charge in [0.25, 0.3) is 5.91 Å². The van der Waals surface area contributed by atoms with Crippen LogP contribution in [0.5, 0.6) is 5.75 Å². The molecule has 118 valence electrons. The molecule has 1 atom stereocenters. The van der Waals surface area contributed by atoms with Gasteiger partial charge < -0.3 is 15.8 Å². The second-order valence-electron chi connectivity index (χ2n) is 5.41. The molecule has 1 aromatic carbocycles. The molecule has 1 aromatic rings. The first-order valence-electron chi connectivity index (χ1n) is 7.91. The van der Waals surface area contributed by atoms with Gasteiger partial charge in [-0.1, -0.05) is 32.6 Å². The van der Waals surface area contributed by atoms with Crippen LogP contribution in [0, 0.1) is 0 Å². The van der Waals surface area contributed by atoms with Crippen molar-refractivity contribution in [1.82, 2.24) is 5.32 Å². The number of benzene rings is 1. The van der Waals surface area contributed by atoms with Crippen molar-refractivity contribution in [3.8, 4) is 5.75 Å². The van der Waals surface area contributed by atoms with Crippen LogP contribution < -0.4 is 15.8 Å². The van der Waals surface area contributed by atoms with E-state index >= 15 is 0 Å². The van der Waals surface area contributed by atoms with Gasteiger partial charge in [-0.25, -0.2) is 0 Å². The highest BCUT2D eigenvalue weighted by atomic mass is 16.5. The summed E-state index contributed by atoms with van der Waals surface area (Å²) in [5.41, 5.74) is 6.96. The second kappa shape index (κ2) is 9.27. The molecule has 0 heterocycles. The number of hydrogen-bond donors (Lipinski definition) is 2. The van der Waals surface area contributed by atoms with E-state index in [-0.39, 0.29) is 11.9 Å². The van der Waals surface area contributed by atoms with E-state index in [1.807, 2.05) is 13.8 Å². The zero-order chi connectivity index (χ0) is 15.7. The van der Waals surface area contributed by atoms with Crippen LogP contribution in [-0.4, -0.2) is 18.6 Å². The fourth-order valence-corrected chi connectivity index (χ4v) is 2.23. The van der Waals surface area contributed by atoms with Gasteiger partial charge in [0.2, 0.25) is 0 Å². The molecule has 0 bridgehead atoms. The van der Waals surface area contributed by atoms with E-state index in [1.165, 1.54) is 19.3 Å². The zero-order valence-corrected chi connectivity index (χ0v) is 13.4. The molecule has 0 fully saturated rings. The van der Waals surface area contributed by atoms with Gasteiger partial charge in [0.05, 0.1) is 12.3 Å². The molecular formula is C17H28N2O2. The molecule has 0 radical (unpaired) electrons. The van der Waals surface area contributed by atoms with Crippen LogP contribution in [0.1, 0.15) is 63.2 Å². The number of nitrogens with two attached hydrogens (primary N) is 1. The Bertz CT molecular complexity index is 446. The number of carbonyl (C=O) groups excluding carboxylic acids is 1. The molecule has 0 saturated carbocycles. The molecule has 21 heavy (non-hydrogen) atoms. The van der Waals surface area contributed by atoms with Gasteiger partial charge in [-0.15, -0.1) is 0 Å². The maximum atomic E-state index is 12.2. The lowest BCUT2D eigenvalue weighted by molar-refractivity contribution is 0.0938. The number of unbranched alkanes of at least 4 members (excludes halogenated alkanes) is 3. The standard InChI is InChI=1S/C17H28N2O2/c1-4-6-7-8-9-13(3)19-17(20)14-10-11-16(21-5-2)15(18)12-14/h10-13H,4-9,18H2,1-3H3,(H,19,20). The highest BCUT2D eigenvalue weighted by molar-refractivity contribution is 5.95. The van der Waals surface area contributed by atoms with Gasteiger partial charge in [0.1, 0.15) is 5.75 Å². The first kappa shape index (κ1) is 17.3. The van der Waals surface area contributed by atoms with Gasteiger partial charge in [-0.2, -0.15) is 0 Å². The lowest BCUT2D eigenvalue weighted by Gasteiger charge is -2.14. The van der Waals surface area contributed by atoms with Crippen molar-refractivity contribution < 1.29 is 9.53 Å². The monoisotopic (exact) mass is 292 g/mol. The molecule has 0 aliphatic carbocycles. The molecule has 0 aliphatic rings. The minimum absolute atomic E-state index is 0.0762. The summed E-state index contributed by atoms with van der Waals surface area (Å²) in [6.45, 7) is 6.70. The highest BCUT2D eigenvalue weighted by Gasteiger charge is 2.11. The molecule has 0 spiro atoms. The molecule has 1 rings (SSSR count). The number of amides is 1. The number of rotatable bonds is 9. The van der Waals surface area contributed by atoms with Crippen LogP contribution in [0.3, 0.4) is 0 Å². The van der Waals surface area contributed by atoms with Crippen LogP contribution in [0.25, 0.3) is 0 Å². The largest absolute Gasteiger partial charge is 0.492 e. The summed E-state index contributed by atoms with van der Waals surface area (Å²) in [6.07, 6.45) is 5.88. The Labute approximate surface area is 128 Å². The third-order valence-electron chi connectivity index (χ3n) is 3.44. The molecule has 0 saturated heterocycles. The predicted octanol–water partition coefficient (Wildman–Crippen LogP) is 3.76. The number of anilines is 1. The fourth-order valence-electron chi connectivity index (χ4n) is 2.23. The molecule has 1 unspecified atom stereocenters. The van der Waals surface area contributed by atoms with Crippen molar-refractivity contribution in [2.24, 2.45) is 0 Å². The molecule has 3 N–H and O–H groups in total. The summed E-state index contributed by atoms with van der Waals surface area (Å²) in [7, 11) is 0. The fraction of sp³-hybridized carbons (Fsp3) is 0.588. The minimum Gasteiger partial charge on any atom is -0.492 e. The Morgan fingerprint density at radius 3 is 2.67 bits per heavy atom. The number of hydrogen-bond acceptors (Lipinski definition) is 3. The zero-order valence-electron chi connectivity index (χ0n) is 13.4. The van der Waals surface area contributed by atoms with Gasteiger partial charge in [-0.3, -0.25) is 4.79 Å². The van der Waals surface area contributed by atoms with Crippen LogP contribution in [0.4, 0.5) is 5.69 Å². The second-order valence-corrected chi connectivity index (χ2v) is 5.41. The maximum absolute atomic E-state index is 12.2. The summed E-state index contributed by atoms with van der Waals surface area (Å²) in [5.74, 6) is 0.550. The maximum Gasteiger partial charge on any atom is 0.251 e. The molecule has 1 amide bonds. The first-order chi connectivity index (χ1) is 10.1. The Morgan fingerprint density at radius 2 is 2.05 bits per heavy atom. The van der Waals surface area contributed by atoms with Crippen LogP contribution in [-0.2, 0) is 0 Å². The van der Waals surface area contributed by atoms with Gasteiger partial charge in [0.15, 0.2) is 0 Å². The lowest BCUT2D eigenvalue weighted by atomic mass is 10.1. The summed E-state index contributed by atoms with van der Waals surface area (Å²) < 4.78 is 5.37. The minimum atomic E-state index is -0.0762. The summed E-state index contributed by atoms with van der Waals surface area (Å²) in [4.78, 5) is 12.2. The van der Waals surface area contributed by atoms with Crippen molar-refractivity contribution in [3.05, 3.63) is 23.8 Å². The van der Waals surface area contributed by atoms with Crippen molar-refractivity contribution in [3.63, 3.8) is 0 Å². The average Bonchev–Trinajstić information content (AvgIpc) is 2.46. The first-order valence-corrected chi connectivity index (χ1v) is 7.91. The van der Waals surface area contributed by atoms with Crippen LogP contribution >= 0.6 is 0 Å². The van der Waals surface area contributed by atoms with E-state index in [9.17, 15) is 4.79 Å². The van der Waals surface area contributed by atoms with E-state index < -0.39 is 0 Å². The van der Waals surface area contributed by atoms with Gasteiger partial charge in [0, 0.05) is 11.6 Å². The van der Waals surface area contributed by atoms with E-state index in [0.717, 1.165) is 12.8 Å². The Hall–Kier alpha value is -1.71. The Balaban J connectivity index is 2.49. The van der Waals surface area contributed by atoms with Gasteiger partial charge >= 0.3 is 0 Å². The number of nitrogens with one attached hydrogen (secondary N) is 1. The van der Waals surface area contributed by atoms with Crippen LogP contribution in [0.15, 0.2) is 18.2 Å². The third-order valence-corrected chi connectivity index (χ3v) is 3.44. The smallest absolute Gasteiger partial charge is 0.251 e. The molecule has 4 nitrogen and oxygen atoms in total. The normalized spacial score (nSPS) is 12.0. The Morgan fingerprint density at radius 1 is 1.29 bits per heavy atom. The Kier molecular flexibility index (Phi) is 7.65. The molecule has 4 heteroatoms. The quantitative estimate of drug-likeness (QED) is 0.538. The van der Waals surface area contributed by atoms with E-state index in [0.29, 0.717) is 23.6 Å². The van der Waals surface area contributed by atoms with E-state index in [1.54, 1.807) is 18.2 Å². The van der Waals surface area contributed by atoms with Crippen molar-refractivity contribution in [1.29, 1.82) is 0 Å². The van der Waals surface area contributed by atoms with E-state index in [2.05, 4.69) is 12.2 Å². The molecule has 0 aromatic heterocycles. The van der Waals surface area contributed by atoms with Gasteiger partial charge in [-0.05, 0) is 38.5 Å². The SMILES string of the molecule is CCCCCCC(C)NC(=O)c1ccc(OCC)c(N)c1. The topological polar surface area (TPSA) is 64.3 Å². The van der Waals surface area contributed by atoms with Crippen molar-refractivity contribution in [2.75, 3.05) is 12.3 Å². The number of nitrogen functional groups attached to an aromatic ring is 1. The third kappa shape index (κ3) is 6.06. The summed E-state index contributed by atoms with van der Waals surface area (Å²) in [5, 5.41) is 3.02. The summed E-state index contributed by atoms with van der Waals surface area (Å²) in [6, 6.07) is 5.35. The average molecular weight is 292 g/mol. The van der Waals surface area contributed by atoms with Crippen molar-refractivity contribution in [2.45, 2.75) is 58.9 Å².